The number of anilines is 1. The molecule has 3 aromatic rings. The number of nitrogens with one attached hydrogen (secondary N) is 1. The van der Waals surface area contributed by atoms with E-state index in [1.807, 2.05) is 6.07 Å². The number of aromatic nitrogens is 1. The number of carbonyl (C=O) groups is 1. The van der Waals surface area contributed by atoms with Crippen molar-refractivity contribution in [3.8, 4) is 0 Å². The minimum Gasteiger partial charge on any atom is -0.322 e. The van der Waals surface area contributed by atoms with E-state index in [1.165, 1.54) is 29.6 Å². The largest absolute Gasteiger partial charge is 0.416 e. The molecule has 25 heavy (non-hydrogen) atoms. The summed E-state index contributed by atoms with van der Waals surface area (Å²) in [6, 6.07) is 8.61. The third-order valence-corrected chi connectivity index (χ3v) is 4.82. The molecule has 0 unspecified atom stereocenters. The number of halogens is 4. The summed E-state index contributed by atoms with van der Waals surface area (Å²) < 4.78 is 39.1. The van der Waals surface area contributed by atoms with Crippen molar-refractivity contribution in [1.29, 1.82) is 0 Å². The highest BCUT2D eigenvalue weighted by atomic mass is 79.9. The highest BCUT2D eigenvalue weighted by Gasteiger charge is 2.30. The highest BCUT2D eigenvalue weighted by Crippen LogP contribution is 2.32. The number of benzene rings is 2. The Morgan fingerprint density at radius 2 is 2.00 bits per heavy atom. The van der Waals surface area contributed by atoms with Gasteiger partial charge in [0.1, 0.15) is 0 Å². The Morgan fingerprint density at radius 3 is 2.72 bits per heavy atom. The van der Waals surface area contributed by atoms with Crippen molar-refractivity contribution in [3.63, 3.8) is 0 Å². The first-order valence-corrected chi connectivity index (χ1v) is 8.69. The van der Waals surface area contributed by atoms with E-state index >= 15 is 0 Å². The van der Waals surface area contributed by atoms with E-state index in [2.05, 4.69) is 26.2 Å². The molecule has 0 fully saturated rings. The average molecular weight is 427 g/mol. The molecule has 1 N–H and O–H groups in total. The Hall–Kier alpha value is -2.19. The fourth-order valence-electron chi connectivity index (χ4n) is 2.12. The Kier molecular flexibility index (Phi) is 4.91. The lowest BCUT2D eigenvalue weighted by atomic mass is 10.1. The summed E-state index contributed by atoms with van der Waals surface area (Å²) in [5.41, 5.74) is 2.92. The van der Waals surface area contributed by atoms with E-state index in [-0.39, 0.29) is 10.4 Å². The van der Waals surface area contributed by atoms with Crippen LogP contribution >= 0.6 is 27.3 Å². The summed E-state index contributed by atoms with van der Waals surface area (Å²) >= 11 is 4.56. The quantitative estimate of drug-likeness (QED) is 0.543. The molecule has 1 aromatic heterocycles. The lowest BCUT2D eigenvalue weighted by Crippen LogP contribution is -2.07. The normalized spacial score (nSPS) is 12.0. The molecular formula is C17H10BrF3N2OS. The lowest BCUT2D eigenvalue weighted by Gasteiger charge is -2.08. The number of nitrogens with zero attached hydrogens (tertiary/aromatic N) is 1. The molecule has 0 aliphatic rings. The van der Waals surface area contributed by atoms with E-state index in [0.717, 1.165) is 22.3 Å². The maximum Gasteiger partial charge on any atom is 0.416 e. The van der Waals surface area contributed by atoms with E-state index in [1.54, 1.807) is 17.6 Å². The van der Waals surface area contributed by atoms with Gasteiger partial charge in [0.25, 0.3) is 0 Å². The van der Waals surface area contributed by atoms with Gasteiger partial charge in [-0.1, -0.05) is 22.0 Å². The Morgan fingerprint density at radius 1 is 1.20 bits per heavy atom. The van der Waals surface area contributed by atoms with Crippen molar-refractivity contribution in [2.24, 2.45) is 0 Å². The van der Waals surface area contributed by atoms with Gasteiger partial charge in [-0.15, -0.1) is 11.3 Å². The number of fused-ring (bicyclic) bond motifs is 1. The summed E-state index contributed by atoms with van der Waals surface area (Å²) in [5.74, 6) is -0.379. The van der Waals surface area contributed by atoms with Crippen molar-refractivity contribution < 1.29 is 18.0 Å². The van der Waals surface area contributed by atoms with Crippen molar-refractivity contribution in [3.05, 3.63) is 63.6 Å². The Labute approximate surface area is 153 Å². The second kappa shape index (κ2) is 6.97. The predicted molar refractivity (Wildman–Crippen MR) is 96.4 cm³/mol. The van der Waals surface area contributed by atoms with Crippen LogP contribution < -0.4 is 5.32 Å². The first-order valence-electron chi connectivity index (χ1n) is 7.02. The van der Waals surface area contributed by atoms with E-state index in [9.17, 15) is 18.0 Å². The maximum atomic E-state index is 12.6. The number of carbonyl (C=O) groups excluding carboxylic acids is 1. The number of thiazole rings is 1. The minimum absolute atomic E-state index is 0.262. The minimum atomic E-state index is -4.41. The van der Waals surface area contributed by atoms with Crippen LogP contribution in [0.2, 0.25) is 0 Å². The number of rotatable bonds is 3. The smallest absolute Gasteiger partial charge is 0.322 e. The summed E-state index contributed by atoms with van der Waals surface area (Å²) in [6.45, 7) is 0. The third-order valence-electron chi connectivity index (χ3n) is 3.34. The fraction of sp³-hybridized carbons (Fsp3) is 0.0588. The van der Waals surface area contributed by atoms with Crippen molar-refractivity contribution in [2.45, 2.75) is 6.18 Å². The van der Waals surface area contributed by atoms with Crippen LogP contribution in [0.5, 0.6) is 0 Å². The fourth-order valence-corrected chi connectivity index (χ4v) is 3.35. The zero-order valence-electron chi connectivity index (χ0n) is 12.5. The number of hydrogen-bond acceptors (Lipinski definition) is 3. The first-order chi connectivity index (χ1) is 11.8. The van der Waals surface area contributed by atoms with Crippen molar-refractivity contribution in [2.75, 3.05) is 5.32 Å². The van der Waals surface area contributed by atoms with Crippen molar-refractivity contribution >= 4 is 55.2 Å². The highest BCUT2D eigenvalue weighted by molar-refractivity contribution is 9.10. The lowest BCUT2D eigenvalue weighted by molar-refractivity contribution is -0.137. The number of alkyl halides is 3. The summed E-state index contributed by atoms with van der Waals surface area (Å²) in [5, 5.41) is 2.71. The molecule has 0 radical (unpaired) electrons. The van der Waals surface area contributed by atoms with E-state index in [0.29, 0.717) is 11.3 Å². The molecule has 0 bridgehead atoms. The topological polar surface area (TPSA) is 42.0 Å². The molecule has 0 atom stereocenters. The summed E-state index contributed by atoms with van der Waals surface area (Å²) in [6.07, 6.45) is -1.69. The second-order valence-corrected chi connectivity index (χ2v) is 6.83. The first kappa shape index (κ1) is 17.6. The van der Waals surface area contributed by atoms with Crippen LogP contribution in [0.25, 0.3) is 16.3 Å². The molecule has 0 aliphatic carbocycles. The molecular weight excluding hydrogens is 417 g/mol. The van der Waals surface area contributed by atoms with Gasteiger partial charge in [-0.3, -0.25) is 4.79 Å². The van der Waals surface area contributed by atoms with Crippen molar-refractivity contribution in [1.82, 2.24) is 4.98 Å². The molecule has 0 saturated carbocycles. The molecule has 0 saturated heterocycles. The van der Waals surface area contributed by atoms with Gasteiger partial charge in [0.15, 0.2) is 0 Å². The molecule has 8 heteroatoms. The maximum absolute atomic E-state index is 12.6. The molecule has 2 aromatic carbocycles. The Bertz CT molecular complexity index is 966. The standard InChI is InChI=1S/C17H10BrF3N2OS/c18-13-7-11(17(19,20)21)3-1-10(13)2-6-16(24)23-12-4-5-14-15(8-12)25-9-22-14/h1-9H,(H,23,24)/b6-2+. The molecule has 128 valence electrons. The van der Waals surface area contributed by atoms with Crippen LogP contribution in [0.4, 0.5) is 18.9 Å². The van der Waals surface area contributed by atoms with Gasteiger partial charge >= 0.3 is 6.18 Å². The molecule has 3 rings (SSSR count). The van der Waals surface area contributed by atoms with E-state index < -0.39 is 11.7 Å². The predicted octanol–water partition coefficient (Wildman–Crippen LogP) is 5.73. The van der Waals surface area contributed by atoms with Gasteiger partial charge in [0.05, 0.1) is 21.3 Å². The number of amides is 1. The average Bonchev–Trinajstić information content (AvgIpc) is 3.00. The zero-order valence-corrected chi connectivity index (χ0v) is 14.9. The van der Waals surface area contributed by atoms with Gasteiger partial charge in [0.2, 0.25) is 5.91 Å². The molecule has 0 spiro atoms. The Balaban J connectivity index is 1.71. The summed E-state index contributed by atoms with van der Waals surface area (Å²) in [4.78, 5) is 16.1. The molecule has 1 amide bonds. The van der Waals surface area contributed by atoms with Crippen LogP contribution in [0.3, 0.4) is 0 Å². The molecule has 0 aliphatic heterocycles. The molecule has 3 nitrogen and oxygen atoms in total. The molecule has 1 heterocycles. The van der Waals surface area contributed by atoms with Gasteiger partial charge in [-0.05, 0) is 42.0 Å². The van der Waals surface area contributed by atoms with Crippen LogP contribution in [0, 0.1) is 0 Å². The third kappa shape index (κ3) is 4.26. The number of hydrogen-bond donors (Lipinski definition) is 1. The van der Waals surface area contributed by atoms with Crippen LogP contribution in [0.15, 0.2) is 52.5 Å². The monoisotopic (exact) mass is 426 g/mol. The van der Waals surface area contributed by atoms with Gasteiger partial charge in [-0.25, -0.2) is 4.98 Å². The van der Waals surface area contributed by atoms with Crippen LogP contribution in [-0.2, 0) is 11.0 Å². The van der Waals surface area contributed by atoms with Gasteiger partial charge in [0, 0.05) is 16.2 Å². The second-order valence-electron chi connectivity index (χ2n) is 5.09. The van der Waals surface area contributed by atoms with Crippen LogP contribution in [0.1, 0.15) is 11.1 Å². The van der Waals surface area contributed by atoms with E-state index in [4.69, 9.17) is 0 Å². The SMILES string of the molecule is O=C(/C=C/c1ccc(C(F)(F)F)cc1Br)Nc1ccc2ncsc2c1. The zero-order chi connectivity index (χ0) is 18.0. The van der Waals surface area contributed by atoms with Gasteiger partial charge < -0.3 is 5.32 Å². The van der Waals surface area contributed by atoms with Gasteiger partial charge in [-0.2, -0.15) is 13.2 Å². The summed E-state index contributed by atoms with van der Waals surface area (Å²) in [7, 11) is 0. The van der Waals surface area contributed by atoms with Crippen LogP contribution in [-0.4, -0.2) is 10.9 Å².